The highest BCUT2D eigenvalue weighted by Gasteiger charge is 2.29. The Labute approximate surface area is 124 Å². The van der Waals surface area contributed by atoms with Crippen LogP contribution in [-0.4, -0.2) is 38.8 Å². The zero-order valence-electron chi connectivity index (χ0n) is 12.5. The number of piperidine rings is 1. The normalized spacial score (nSPS) is 23.4. The van der Waals surface area contributed by atoms with Crippen LogP contribution >= 0.6 is 0 Å². The lowest BCUT2D eigenvalue weighted by molar-refractivity contribution is -0.0207. The molecule has 1 fully saturated rings. The third kappa shape index (κ3) is 3.49. The molecule has 0 bridgehead atoms. The molecule has 0 saturated carbocycles. The molecular formula is C16H21N3O2. The molecule has 1 unspecified atom stereocenters. The Bertz CT molecular complexity index is 604. The van der Waals surface area contributed by atoms with Crippen molar-refractivity contribution in [2.24, 2.45) is 0 Å². The van der Waals surface area contributed by atoms with Gasteiger partial charge in [-0.15, -0.1) is 0 Å². The topological polar surface area (TPSA) is 62.4 Å². The molecule has 112 valence electrons. The average Bonchev–Trinajstić information content (AvgIpc) is 2.87. The highest BCUT2D eigenvalue weighted by molar-refractivity contribution is 5.54. The van der Waals surface area contributed by atoms with Gasteiger partial charge in [0.25, 0.3) is 0 Å². The molecule has 2 aromatic rings. The first kappa shape index (κ1) is 14.2. The lowest BCUT2D eigenvalue weighted by Gasteiger charge is -2.35. The molecule has 2 heterocycles. The molecule has 3 rings (SSSR count). The first-order chi connectivity index (χ1) is 10.0. The quantitative estimate of drug-likeness (QED) is 0.939. The van der Waals surface area contributed by atoms with Gasteiger partial charge in [-0.3, -0.25) is 4.90 Å². The van der Waals surface area contributed by atoms with Gasteiger partial charge < -0.3 is 9.63 Å². The smallest absolute Gasteiger partial charge is 0.241 e. The average molecular weight is 287 g/mol. The maximum absolute atomic E-state index is 10.1. The number of aliphatic hydroxyl groups is 1. The minimum absolute atomic E-state index is 0.592. The third-order valence-electron chi connectivity index (χ3n) is 3.89. The van der Waals surface area contributed by atoms with E-state index in [0.717, 1.165) is 24.9 Å². The van der Waals surface area contributed by atoms with E-state index in [2.05, 4.69) is 15.0 Å². The summed E-state index contributed by atoms with van der Waals surface area (Å²) in [6.07, 6.45) is 1.84. The predicted octanol–water partition coefficient (Wildman–Crippen LogP) is 2.39. The van der Waals surface area contributed by atoms with Crippen LogP contribution in [0.15, 0.2) is 28.8 Å². The van der Waals surface area contributed by atoms with Crippen LogP contribution in [0.2, 0.25) is 0 Å². The molecule has 1 aromatic heterocycles. The maximum Gasteiger partial charge on any atom is 0.241 e. The van der Waals surface area contributed by atoms with E-state index in [4.69, 9.17) is 4.52 Å². The molecule has 1 atom stereocenters. The number of aromatic nitrogens is 2. The fourth-order valence-electron chi connectivity index (χ4n) is 2.79. The van der Waals surface area contributed by atoms with Gasteiger partial charge in [0.1, 0.15) is 0 Å². The summed E-state index contributed by atoms with van der Waals surface area (Å²) in [5.41, 5.74) is 1.55. The van der Waals surface area contributed by atoms with Crippen molar-refractivity contribution >= 4 is 0 Å². The van der Waals surface area contributed by atoms with Gasteiger partial charge in [0, 0.05) is 12.1 Å². The molecule has 1 aliphatic rings. The van der Waals surface area contributed by atoms with Gasteiger partial charge in [-0.2, -0.15) is 4.98 Å². The van der Waals surface area contributed by atoms with Crippen LogP contribution < -0.4 is 0 Å². The summed E-state index contributed by atoms with van der Waals surface area (Å²) in [6.45, 7) is 6.13. The molecule has 5 heteroatoms. The molecular weight excluding hydrogens is 266 g/mol. The number of hydrogen-bond donors (Lipinski definition) is 1. The lowest BCUT2D eigenvalue weighted by Crippen LogP contribution is -2.45. The Morgan fingerprint density at radius 2 is 2.10 bits per heavy atom. The standard InChI is InChI=1S/C16H21N3O2/c1-12-4-6-13(7-5-12)15-17-14(21-18-15)10-19-9-3-8-16(2,20)11-19/h4-7,20H,3,8-11H2,1-2H3. The van der Waals surface area contributed by atoms with Crippen molar-refractivity contribution < 1.29 is 9.63 Å². The van der Waals surface area contributed by atoms with Crippen molar-refractivity contribution in [2.45, 2.75) is 38.8 Å². The van der Waals surface area contributed by atoms with Gasteiger partial charge in [0.15, 0.2) is 0 Å². The van der Waals surface area contributed by atoms with E-state index >= 15 is 0 Å². The summed E-state index contributed by atoms with van der Waals surface area (Å²) < 4.78 is 5.34. The van der Waals surface area contributed by atoms with Crippen LogP contribution in [0.25, 0.3) is 11.4 Å². The second-order valence-electron chi connectivity index (χ2n) is 6.19. The Morgan fingerprint density at radius 3 is 2.81 bits per heavy atom. The van der Waals surface area contributed by atoms with E-state index in [9.17, 15) is 5.11 Å². The third-order valence-corrected chi connectivity index (χ3v) is 3.89. The summed E-state index contributed by atoms with van der Waals surface area (Å²) in [5.74, 6) is 1.22. The first-order valence-corrected chi connectivity index (χ1v) is 7.36. The maximum atomic E-state index is 10.1. The predicted molar refractivity (Wildman–Crippen MR) is 79.6 cm³/mol. The van der Waals surface area contributed by atoms with E-state index in [1.807, 2.05) is 38.1 Å². The molecule has 5 nitrogen and oxygen atoms in total. The Balaban J connectivity index is 1.69. The Hall–Kier alpha value is -1.72. The molecule has 0 radical (unpaired) electrons. The number of likely N-dealkylation sites (tertiary alicyclic amines) is 1. The summed E-state index contributed by atoms with van der Waals surface area (Å²) >= 11 is 0. The summed E-state index contributed by atoms with van der Waals surface area (Å²) in [5, 5.41) is 14.2. The fraction of sp³-hybridized carbons (Fsp3) is 0.500. The second-order valence-corrected chi connectivity index (χ2v) is 6.19. The van der Waals surface area contributed by atoms with Gasteiger partial charge >= 0.3 is 0 Å². The summed E-state index contributed by atoms with van der Waals surface area (Å²) in [7, 11) is 0. The first-order valence-electron chi connectivity index (χ1n) is 7.36. The second kappa shape index (κ2) is 5.58. The molecule has 1 saturated heterocycles. The molecule has 1 N–H and O–H groups in total. The van der Waals surface area contributed by atoms with E-state index in [1.165, 1.54) is 5.56 Å². The Kier molecular flexibility index (Phi) is 3.78. The van der Waals surface area contributed by atoms with E-state index < -0.39 is 5.60 Å². The van der Waals surface area contributed by atoms with Gasteiger partial charge in [-0.05, 0) is 33.2 Å². The van der Waals surface area contributed by atoms with E-state index in [1.54, 1.807) is 0 Å². The molecule has 1 aliphatic heterocycles. The van der Waals surface area contributed by atoms with Crippen molar-refractivity contribution in [3.8, 4) is 11.4 Å². The fourth-order valence-corrected chi connectivity index (χ4v) is 2.79. The van der Waals surface area contributed by atoms with Gasteiger partial charge in [0.05, 0.1) is 12.1 Å². The number of benzene rings is 1. The van der Waals surface area contributed by atoms with Crippen molar-refractivity contribution in [1.29, 1.82) is 0 Å². The van der Waals surface area contributed by atoms with E-state index in [0.29, 0.717) is 24.8 Å². The van der Waals surface area contributed by atoms with Crippen LogP contribution in [0.1, 0.15) is 31.2 Å². The zero-order valence-corrected chi connectivity index (χ0v) is 12.5. The molecule has 0 amide bonds. The number of hydrogen-bond acceptors (Lipinski definition) is 5. The number of aryl methyl sites for hydroxylation is 1. The SMILES string of the molecule is Cc1ccc(-c2noc(CN3CCCC(C)(O)C3)n2)cc1. The molecule has 0 spiro atoms. The lowest BCUT2D eigenvalue weighted by atomic mass is 9.95. The number of β-amino-alcohol motifs (C(OH)–C–C–N with tert-alkyl or cyclic N) is 1. The molecule has 21 heavy (non-hydrogen) atoms. The van der Waals surface area contributed by atoms with Crippen molar-refractivity contribution in [3.05, 3.63) is 35.7 Å². The van der Waals surface area contributed by atoms with Crippen LogP contribution in [0.3, 0.4) is 0 Å². The van der Waals surface area contributed by atoms with Crippen molar-refractivity contribution in [3.63, 3.8) is 0 Å². The van der Waals surface area contributed by atoms with Crippen LogP contribution in [0.5, 0.6) is 0 Å². The largest absolute Gasteiger partial charge is 0.389 e. The van der Waals surface area contributed by atoms with Crippen LogP contribution in [0.4, 0.5) is 0 Å². The van der Waals surface area contributed by atoms with Gasteiger partial charge in [0.2, 0.25) is 11.7 Å². The van der Waals surface area contributed by atoms with Gasteiger partial charge in [-0.1, -0.05) is 35.0 Å². The molecule has 0 aliphatic carbocycles. The highest BCUT2D eigenvalue weighted by Crippen LogP contribution is 2.22. The van der Waals surface area contributed by atoms with Crippen molar-refractivity contribution in [2.75, 3.05) is 13.1 Å². The highest BCUT2D eigenvalue weighted by atomic mass is 16.5. The summed E-state index contributed by atoms with van der Waals surface area (Å²) in [6, 6.07) is 8.06. The Morgan fingerprint density at radius 1 is 1.33 bits per heavy atom. The minimum Gasteiger partial charge on any atom is -0.389 e. The number of nitrogens with zero attached hydrogens (tertiary/aromatic N) is 3. The van der Waals surface area contributed by atoms with Crippen molar-refractivity contribution in [1.82, 2.24) is 15.0 Å². The van der Waals surface area contributed by atoms with Gasteiger partial charge in [-0.25, -0.2) is 0 Å². The zero-order chi connectivity index (χ0) is 14.9. The minimum atomic E-state index is -0.613. The van der Waals surface area contributed by atoms with Crippen LogP contribution in [-0.2, 0) is 6.54 Å². The number of rotatable bonds is 3. The summed E-state index contributed by atoms with van der Waals surface area (Å²) in [4.78, 5) is 6.61. The van der Waals surface area contributed by atoms with Crippen LogP contribution in [0, 0.1) is 6.92 Å². The monoisotopic (exact) mass is 287 g/mol. The molecule has 1 aromatic carbocycles. The van der Waals surface area contributed by atoms with E-state index in [-0.39, 0.29) is 0 Å².